The number of rotatable bonds is 6. The summed E-state index contributed by atoms with van der Waals surface area (Å²) in [5.74, 6) is 0.826. The molecule has 0 unspecified atom stereocenters. The second-order valence-corrected chi connectivity index (χ2v) is 4.46. The van der Waals surface area contributed by atoms with Crippen molar-refractivity contribution in [3.8, 4) is 17.2 Å². The number of hydrogen-bond acceptors (Lipinski definition) is 7. The van der Waals surface area contributed by atoms with Gasteiger partial charge in [-0.1, -0.05) is 0 Å². The highest BCUT2D eigenvalue weighted by Gasteiger charge is 2.12. The Hall–Kier alpha value is -3.36. The third kappa shape index (κ3) is 3.88. The zero-order valence-corrected chi connectivity index (χ0v) is 13.3. The normalized spacial score (nSPS) is 10.5. The molecule has 2 rings (SSSR count). The Morgan fingerprint density at radius 1 is 1.17 bits per heavy atom. The number of methoxy groups -OCH3 is 3. The van der Waals surface area contributed by atoms with Crippen molar-refractivity contribution in [3.63, 3.8) is 0 Å². The van der Waals surface area contributed by atoms with Gasteiger partial charge >= 0.3 is 0 Å². The molecule has 0 spiro atoms. The fraction of sp³-hybridized carbons (Fsp3) is 0.200. The van der Waals surface area contributed by atoms with E-state index in [1.807, 2.05) is 0 Å². The monoisotopic (exact) mass is 332 g/mol. The molecule has 1 amide bonds. The van der Waals surface area contributed by atoms with Crippen LogP contribution in [0.4, 0.5) is 0 Å². The van der Waals surface area contributed by atoms with Crippen LogP contribution in [0.1, 0.15) is 16.1 Å². The number of carbonyl (C=O) groups excluding carboxylic acids is 1. The summed E-state index contributed by atoms with van der Waals surface area (Å²) in [6.07, 6.45) is 1.41. The van der Waals surface area contributed by atoms with E-state index in [1.54, 1.807) is 12.1 Å². The maximum atomic E-state index is 11.8. The molecule has 0 saturated carbocycles. The molecule has 9 heteroatoms. The Balaban J connectivity index is 2.15. The Bertz CT molecular complexity index is 770. The number of nitrogens with one attached hydrogen (secondary N) is 2. The first-order valence-electron chi connectivity index (χ1n) is 6.78. The Morgan fingerprint density at radius 3 is 2.33 bits per heavy atom. The summed E-state index contributed by atoms with van der Waals surface area (Å²) in [4.78, 5) is 22.7. The lowest BCUT2D eigenvalue weighted by Crippen LogP contribution is -2.21. The average Bonchev–Trinajstić information content (AvgIpc) is 2.61. The minimum Gasteiger partial charge on any atom is -0.493 e. The first kappa shape index (κ1) is 17.0. The molecule has 0 saturated heterocycles. The molecule has 24 heavy (non-hydrogen) atoms. The topological polar surface area (TPSA) is 115 Å². The molecule has 0 fully saturated rings. The number of benzene rings is 1. The van der Waals surface area contributed by atoms with E-state index in [1.165, 1.54) is 39.7 Å². The van der Waals surface area contributed by atoms with Crippen LogP contribution in [-0.4, -0.2) is 43.6 Å². The molecule has 2 N–H and O–H groups in total. The van der Waals surface area contributed by atoms with Gasteiger partial charge in [-0.3, -0.25) is 9.59 Å². The number of ether oxygens (including phenoxy) is 3. The third-order valence-electron chi connectivity index (χ3n) is 2.98. The maximum Gasteiger partial charge on any atom is 0.291 e. The van der Waals surface area contributed by atoms with E-state index in [9.17, 15) is 9.59 Å². The van der Waals surface area contributed by atoms with Crippen LogP contribution in [-0.2, 0) is 0 Å². The number of nitrogens with zero attached hydrogens (tertiary/aromatic N) is 2. The SMILES string of the molecule is COc1cc(C=NNC(=O)c2ccc(=O)[nH]n2)cc(OC)c1OC. The summed E-state index contributed by atoms with van der Waals surface area (Å²) < 4.78 is 15.7. The summed E-state index contributed by atoms with van der Waals surface area (Å²) >= 11 is 0. The lowest BCUT2D eigenvalue weighted by Gasteiger charge is -2.12. The summed E-state index contributed by atoms with van der Waals surface area (Å²) in [6, 6.07) is 5.85. The van der Waals surface area contributed by atoms with E-state index < -0.39 is 11.5 Å². The highest BCUT2D eigenvalue weighted by molar-refractivity contribution is 5.93. The molecule has 126 valence electrons. The number of aromatic amines is 1. The lowest BCUT2D eigenvalue weighted by molar-refractivity contribution is 0.0949. The minimum atomic E-state index is -0.560. The third-order valence-corrected chi connectivity index (χ3v) is 2.98. The molecule has 0 radical (unpaired) electrons. The van der Waals surface area contributed by atoms with Crippen molar-refractivity contribution in [3.05, 3.63) is 45.9 Å². The van der Waals surface area contributed by atoms with Gasteiger partial charge < -0.3 is 14.2 Å². The summed E-state index contributed by atoms with van der Waals surface area (Å²) in [6.45, 7) is 0. The van der Waals surface area contributed by atoms with Gasteiger partial charge in [0.25, 0.3) is 11.5 Å². The van der Waals surface area contributed by atoms with Gasteiger partial charge in [-0.15, -0.1) is 0 Å². The van der Waals surface area contributed by atoms with E-state index >= 15 is 0 Å². The Kier molecular flexibility index (Phi) is 5.50. The van der Waals surface area contributed by atoms with Crippen molar-refractivity contribution in [2.45, 2.75) is 0 Å². The maximum absolute atomic E-state index is 11.8. The number of hydrazone groups is 1. The molecule has 1 heterocycles. The molecular weight excluding hydrogens is 316 g/mol. The smallest absolute Gasteiger partial charge is 0.291 e. The van der Waals surface area contributed by atoms with Gasteiger partial charge in [-0.2, -0.15) is 10.2 Å². The van der Waals surface area contributed by atoms with Gasteiger partial charge in [-0.25, -0.2) is 10.5 Å². The zero-order valence-electron chi connectivity index (χ0n) is 13.3. The number of H-pyrrole nitrogens is 1. The first-order chi connectivity index (χ1) is 11.6. The van der Waals surface area contributed by atoms with Gasteiger partial charge in [0.1, 0.15) is 0 Å². The molecule has 2 aromatic rings. The fourth-order valence-corrected chi connectivity index (χ4v) is 1.87. The van der Waals surface area contributed by atoms with Gasteiger partial charge in [0.2, 0.25) is 5.75 Å². The predicted octanol–water partition coefficient (Wildman–Crippen LogP) is 0.560. The van der Waals surface area contributed by atoms with Crippen molar-refractivity contribution < 1.29 is 19.0 Å². The van der Waals surface area contributed by atoms with Crippen LogP contribution in [0.2, 0.25) is 0 Å². The largest absolute Gasteiger partial charge is 0.493 e. The number of amides is 1. The molecule has 9 nitrogen and oxygen atoms in total. The van der Waals surface area contributed by atoms with E-state index in [2.05, 4.69) is 20.7 Å². The fourth-order valence-electron chi connectivity index (χ4n) is 1.87. The van der Waals surface area contributed by atoms with E-state index in [0.717, 1.165) is 0 Å². The van der Waals surface area contributed by atoms with Crippen molar-refractivity contribution in [2.75, 3.05) is 21.3 Å². The van der Waals surface area contributed by atoms with Crippen LogP contribution in [0.25, 0.3) is 0 Å². The summed E-state index contributed by atoms with van der Waals surface area (Å²) in [7, 11) is 4.51. The molecule has 0 aliphatic heterocycles. The summed E-state index contributed by atoms with van der Waals surface area (Å²) in [5, 5.41) is 9.61. The molecular formula is C15H16N4O5. The molecule has 0 bridgehead atoms. The highest BCUT2D eigenvalue weighted by Crippen LogP contribution is 2.37. The lowest BCUT2D eigenvalue weighted by atomic mass is 10.2. The average molecular weight is 332 g/mol. The highest BCUT2D eigenvalue weighted by atomic mass is 16.5. The quantitative estimate of drug-likeness (QED) is 0.590. The number of hydrogen-bond donors (Lipinski definition) is 2. The standard InChI is InChI=1S/C15H16N4O5/c1-22-11-6-9(7-12(23-2)14(11)24-3)8-16-19-15(21)10-4-5-13(20)18-17-10/h4-8H,1-3H3,(H,18,20)(H,19,21). The minimum absolute atomic E-state index is 0.0386. The van der Waals surface area contributed by atoms with Crippen LogP contribution in [0, 0.1) is 0 Å². The van der Waals surface area contributed by atoms with Crippen molar-refractivity contribution in [1.29, 1.82) is 0 Å². The van der Waals surface area contributed by atoms with Gasteiger partial charge in [-0.05, 0) is 18.2 Å². The number of aromatic nitrogens is 2. The molecule has 1 aromatic carbocycles. The summed E-state index contributed by atoms with van der Waals surface area (Å²) in [5.41, 5.74) is 2.57. The van der Waals surface area contributed by atoms with Crippen LogP contribution in [0.15, 0.2) is 34.2 Å². The number of carbonyl (C=O) groups is 1. The van der Waals surface area contributed by atoms with Crippen LogP contribution in [0.5, 0.6) is 17.2 Å². The van der Waals surface area contributed by atoms with Gasteiger partial charge in [0.15, 0.2) is 17.2 Å². The second-order valence-electron chi connectivity index (χ2n) is 4.46. The molecule has 0 aliphatic carbocycles. The zero-order chi connectivity index (χ0) is 17.5. The van der Waals surface area contributed by atoms with E-state index in [0.29, 0.717) is 22.8 Å². The van der Waals surface area contributed by atoms with Crippen molar-refractivity contribution in [2.24, 2.45) is 5.10 Å². The van der Waals surface area contributed by atoms with Crippen molar-refractivity contribution >= 4 is 12.1 Å². The van der Waals surface area contributed by atoms with E-state index in [4.69, 9.17) is 14.2 Å². The first-order valence-corrected chi connectivity index (χ1v) is 6.78. The van der Waals surface area contributed by atoms with Crippen molar-refractivity contribution in [1.82, 2.24) is 15.6 Å². The Morgan fingerprint density at radius 2 is 1.83 bits per heavy atom. The van der Waals surface area contributed by atoms with Crippen LogP contribution in [0.3, 0.4) is 0 Å². The molecule has 1 aromatic heterocycles. The van der Waals surface area contributed by atoms with Crippen LogP contribution < -0.4 is 25.2 Å². The van der Waals surface area contributed by atoms with Gasteiger partial charge in [0.05, 0.1) is 27.5 Å². The Labute approximate surface area is 137 Å². The van der Waals surface area contributed by atoms with E-state index in [-0.39, 0.29) is 5.69 Å². The predicted molar refractivity (Wildman–Crippen MR) is 86.0 cm³/mol. The molecule has 0 atom stereocenters. The van der Waals surface area contributed by atoms with Gasteiger partial charge in [0, 0.05) is 11.6 Å². The second kappa shape index (κ2) is 7.77. The van der Waals surface area contributed by atoms with Crippen LogP contribution >= 0.6 is 0 Å². The molecule has 0 aliphatic rings.